The van der Waals surface area contributed by atoms with Crippen LogP contribution in [0, 0.1) is 5.82 Å². The van der Waals surface area contributed by atoms with Crippen LogP contribution >= 0.6 is 11.6 Å². The fourth-order valence-electron chi connectivity index (χ4n) is 2.26. The Morgan fingerprint density at radius 1 is 1.43 bits per heavy atom. The van der Waals surface area contributed by atoms with Crippen LogP contribution in [0.4, 0.5) is 23.2 Å². The van der Waals surface area contributed by atoms with Gasteiger partial charge in [-0.05, 0) is 24.6 Å². The van der Waals surface area contributed by atoms with E-state index in [4.69, 9.17) is 11.6 Å². The lowest BCUT2D eigenvalue weighted by Gasteiger charge is -2.19. The third kappa shape index (κ3) is 4.49. The monoisotopic (exact) mass is 324 g/mol. The molecule has 0 aromatic heterocycles. The van der Waals surface area contributed by atoms with E-state index < -0.39 is 24.3 Å². The molecule has 1 aliphatic rings. The number of halogens is 5. The molecule has 0 spiro atoms. The molecule has 0 bridgehead atoms. The fraction of sp³-hybridized carbons (Fsp3) is 0.462. The van der Waals surface area contributed by atoms with Crippen LogP contribution in [-0.2, 0) is 4.79 Å². The zero-order valence-corrected chi connectivity index (χ0v) is 11.6. The zero-order chi connectivity index (χ0) is 15.6. The summed E-state index contributed by atoms with van der Waals surface area (Å²) in [6, 6.07) is 3.87. The van der Waals surface area contributed by atoms with E-state index in [0.29, 0.717) is 25.2 Å². The number of carbonyl (C=O) groups excluding carboxylic acids is 1. The first-order chi connectivity index (χ1) is 9.74. The number of rotatable bonds is 3. The highest BCUT2D eigenvalue weighted by atomic mass is 35.5. The van der Waals surface area contributed by atoms with Gasteiger partial charge in [0.15, 0.2) is 0 Å². The van der Waals surface area contributed by atoms with Crippen LogP contribution in [0.5, 0.6) is 0 Å². The van der Waals surface area contributed by atoms with Crippen molar-refractivity contribution in [3.63, 3.8) is 0 Å². The molecule has 3 nitrogen and oxygen atoms in total. The Labute approximate surface area is 123 Å². The number of carbonyl (C=O) groups is 1. The van der Waals surface area contributed by atoms with Crippen molar-refractivity contribution < 1.29 is 22.4 Å². The predicted octanol–water partition coefficient (Wildman–Crippen LogP) is 3.13. The van der Waals surface area contributed by atoms with Crippen LogP contribution in [0.3, 0.4) is 0 Å². The number of benzene rings is 1. The summed E-state index contributed by atoms with van der Waals surface area (Å²) in [6.45, 7) is 0.921. The minimum absolute atomic E-state index is 0.0166. The molecule has 2 rings (SSSR count). The molecule has 1 aliphatic heterocycles. The highest BCUT2D eigenvalue weighted by Crippen LogP contribution is 2.26. The molecule has 1 aromatic rings. The molecule has 21 heavy (non-hydrogen) atoms. The van der Waals surface area contributed by atoms with E-state index in [1.165, 1.54) is 12.1 Å². The standard InChI is InChI=1S/C13H13ClF4N2O/c14-10-5-9(1-2-11(10)15)20-4-3-8(7-20)19-12(21)6-13(16,17)18/h1-2,5,8H,3-4,6-7H2,(H,19,21)/t8-/m0/s1. The van der Waals surface area contributed by atoms with Gasteiger partial charge in [-0.1, -0.05) is 11.6 Å². The number of alkyl halides is 3. The van der Waals surface area contributed by atoms with Crippen LogP contribution in [0.2, 0.25) is 5.02 Å². The second-order valence-corrected chi connectivity index (χ2v) is 5.30. The minimum Gasteiger partial charge on any atom is -0.369 e. The summed E-state index contributed by atoms with van der Waals surface area (Å²) < 4.78 is 49.3. The normalized spacial score (nSPS) is 18.9. The molecule has 1 atom stereocenters. The van der Waals surface area contributed by atoms with Crippen molar-refractivity contribution in [3.8, 4) is 0 Å². The van der Waals surface area contributed by atoms with Gasteiger partial charge in [-0.15, -0.1) is 0 Å². The maximum atomic E-state index is 13.1. The van der Waals surface area contributed by atoms with Crippen molar-refractivity contribution in [1.29, 1.82) is 0 Å². The van der Waals surface area contributed by atoms with Gasteiger partial charge in [-0.2, -0.15) is 13.2 Å². The molecule has 1 amide bonds. The van der Waals surface area contributed by atoms with Gasteiger partial charge in [0.25, 0.3) is 0 Å². The van der Waals surface area contributed by atoms with Gasteiger partial charge in [0.05, 0.1) is 5.02 Å². The van der Waals surface area contributed by atoms with Crippen molar-refractivity contribution in [1.82, 2.24) is 5.32 Å². The summed E-state index contributed by atoms with van der Waals surface area (Å²) >= 11 is 5.69. The third-order valence-corrected chi connectivity index (χ3v) is 3.47. The van der Waals surface area contributed by atoms with Crippen LogP contribution in [0.1, 0.15) is 12.8 Å². The Balaban J connectivity index is 1.91. The average Bonchev–Trinajstić information content (AvgIpc) is 2.78. The van der Waals surface area contributed by atoms with Gasteiger partial charge in [0, 0.05) is 24.8 Å². The second-order valence-electron chi connectivity index (χ2n) is 4.89. The number of anilines is 1. The first-order valence-corrected chi connectivity index (χ1v) is 6.68. The van der Waals surface area contributed by atoms with Gasteiger partial charge in [-0.25, -0.2) is 4.39 Å². The molecule has 1 N–H and O–H groups in total. The Morgan fingerprint density at radius 2 is 2.14 bits per heavy atom. The highest BCUT2D eigenvalue weighted by Gasteiger charge is 2.33. The van der Waals surface area contributed by atoms with E-state index in [0.717, 1.165) is 0 Å². The van der Waals surface area contributed by atoms with Gasteiger partial charge in [-0.3, -0.25) is 4.79 Å². The quantitative estimate of drug-likeness (QED) is 0.866. The number of amides is 1. The van der Waals surface area contributed by atoms with E-state index >= 15 is 0 Å². The third-order valence-electron chi connectivity index (χ3n) is 3.18. The lowest BCUT2D eigenvalue weighted by atomic mass is 10.2. The smallest absolute Gasteiger partial charge is 0.369 e. The van der Waals surface area contributed by atoms with Gasteiger partial charge >= 0.3 is 6.18 Å². The summed E-state index contributed by atoms with van der Waals surface area (Å²) in [5, 5.41) is 2.34. The molecule has 116 valence electrons. The van der Waals surface area contributed by atoms with Gasteiger partial charge in [0.1, 0.15) is 12.2 Å². The number of hydrogen-bond donors (Lipinski definition) is 1. The molecule has 1 saturated heterocycles. The van der Waals surface area contributed by atoms with Crippen LogP contribution in [0.25, 0.3) is 0 Å². The maximum Gasteiger partial charge on any atom is 0.397 e. The van der Waals surface area contributed by atoms with Crippen molar-refractivity contribution in [3.05, 3.63) is 29.0 Å². The molecule has 0 aliphatic carbocycles. The number of nitrogens with zero attached hydrogens (tertiary/aromatic N) is 1. The van der Waals surface area contributed by atoms with E-state index in [-0.39, 0.29) is 11.1 Å². The Hall–Kier alpha value is -1.50. The van der Waals surface area contributed by atoms with Crippen molar-refractivity contribution >= 4 is 23.2 Å². The topological polar surface area (TPSA) is 32.3 Å². The van der Waals surface area contributed by atoms with Crippen molar-refractivity contribution in [2.45, 2.75) is 25.1 Å². The fourth-order valence-corrected chi connectivity index (χ4v) is 2.43. The molecule has 0 unspecified atom stereocenters. The van der Waals surface area contributed by atoms with E-state index in [2.05, 4.69) is 5.32 Å². The molecular weight excluding hydrogens is 312 g/mol. The van der Waals surface area contributed by atoms with E-state index in [1.54, 1.807) is 6.07 Å². The summed E-state index contributed by atoms with van der Waals surface area (Å²) in [5.74, 6) is -1.57. The Kier molecular flexibility index (Phi) is 4.61. The molecular formula is C13H13ClF4N2O. The zero-order valence-electron chi connectivity index (χ0n) is 10.9. The minimum atomic E-state index is -4.51. The van der Waals surface area contributed by atoms with Gasteiger partial charge < -0.3 is 10.2 Å². The summed E-state index contributed by atoms with van der Waals surface area (Å²) in [6.07, 6.45) is -5.46. The molecule has 0 saturated carbocycles. The van der Waals surface area contributed by atoms with E-state index in [9.17, 15) is 22.4 Å². The Morgan fingerprint density at radius 3 is 2.76 bits per heavy atom. The molecule has 0 radical (unpaired) electrons. The van der Waals surface area contributed by atoms with Gasteiger partial charge in [0.2, 0.25) is 5.91 Å². The number of nitrogens with one attached hydrogen (secondary N) is 1. The molecule has 1 fully saturated rings. The first kappa shape index (κ1) is 15.9. The summed E-state index contributed by atoms with van der Waals surface area (Å²) in [7, 11) is 0. The predicted molar refractivity (Wildman–Crippen MR) is 70.8 cm³/mol. The van der Waals surface area contributed by atoms with Crippen LogP contribution in [-0.4, -0.2) is 31.2 Å². The Bertz CT molecular complexity index is 535. The van der Waals surface area contributed by atoms with Crippen LogP contribution in [0.15, 0.2) is 18.2 Å². The van der Waals surface area contributed by atoms with Crippen molar-refractivity contribution in [2.24, 2.45) is 0 Å². The molecule has 1 aromatic carbocycles. The highest BCUT2D eigenvalue weighted by molar-refractivity contribution is 6.31. The first-order valence-electron chi connectivity index (χ1n) is 6.31. The average molecular weight is 325 g/mol. The van der Waals surface area contributed by atoms with Crippen molar-refractivity contribution in [2.75, 3.05) is 18.0 Å². The van der Waals surface area contributed by atoms with E-state index in [1.807, 2.05) is 4.90 Å². The molecule has 1 heterocycles. The van der Waals surface area contributed by atoms with Crippen LogP contribution < -0.4 is 10.2 Å². The second kappa shape index (κ2) is 6.09. The lowest BCUT2D eigenvalue weighted by Crippen LogP contribution is -2.39. The maximum absolute atomic E-state index is 13.1. The number of hydrogen-bond acceptors (Lipinski definition) is 2. The molecule has 8 heteroatoms. The summed E-state index contributed by atoms with van der Waals surface area (Å²) in [5.41, 5.74) is 0.675. The summed E-state index contributed by atoms with van der Waals surface area (Å²) in [4.78, 5) is 13.1. The SMILES string of the molecule is O=C(CC(F)(F)F)N[C@H]1CCN(c2ccc(F)c(Cl)c2)C1. The largest absolute Gasteiger partial charge is 0.397 e. The lowest BCUT2D eigenvalue weighted by molar-refractivity contribution is -0.154.